The monoisotopic (exact) mass is 360 g/mol. The molecule has 0 radical (unpaired) electrons. The minimum Gasteiger partial charge on any atom is -0.480 e. The molecule has 0 aliphatic carbocycles. The predicted molar refractivity (Wildman–Crippen MR) is 98.9 cm³/mol. The zero-order valence-corrected chi connectivity index (χ0v) is 15.5. The third-order valence-electron chi connectivity index (χ3n) is 4.84. The number of hydrogen-bond donors (Lipinski definition) is 2. The molecule has 6 nitrogen and oxygen atoms in total. The molecule has 2 amide bonds. The first-order valence-electron chi connectivity index (χ1n) is 9.31. The number of rotatable bonds is 7. The highest BCUT2D eigenvalue weighted by Gasteiger charge is 2.31. The third kappa shape index (κ3) is 5.31. The molecular formula is C20H28N2O4. The third-order valence-corrected chi connectivity index (χ3v) is 4.84. The van der Waals surface area contributed by atoms with Gasteiger partial charge in [-0.3, -0.25) is 9.59 Å². The molecule has 1 aromatic carbocycles. The molecule has 1 aliphatic heterocycles. The van der Waals surface area contributed by atoms with Crippen LogP contribution in [-0.4, -0.2) is 46.9 Å². The molecule has 6 heteroatoms. The molecule has 0 aromatic heterocycles. The molecule has 0 saturated carbocycles. The number of carboxylic acid groups (broad SMARTS) is 1. The van der Waals surface area contributed by atoms with E-state index in [-0.39, 0.29) is 17.7 Å². The maximum absolute atomic E-state index is 12.7. The Labute approximate surface area is 154 Å². The van der Waals surface area contributed by atoms with Crippen LogP contribution in [-0.2, 0) is 9.59 Å². The second kappa shape index (κ2) is 9.36. The van der Waals surface area contributed by atoms with E-state index in [4.69, 9.17) is 0 Å². The fourth-order valence-electron chi connectivity index (χ4n) is 3.21. The van der Waals surface area contributed by atoms with E-state index in [1.165, 1.54) is 0 Å². The Morgan fingerprint density at radius 3 is 2.58 bits per heavy atom. The van der Waals surface area contributed by atoms with Crippen molar-refractivity contribution in [1.29, 1.82) is 0 Å². The Kier molecular flexibility index (Phi) is 7.18. The van der Waals surface area contributed by atoms with E-state index in [9.17, 15) is 19.5 Å². The van der Waals surface area contributed by atoms with Crippen molar-refractivity contribution in [2.75, 3.05) is 13.1 Å². The number of piperidine rings is 1. The highest BCUT2D eigenvalue weighted by molar-refractivity contribution is 5.95. The van der Waals surface area contributed by atoms with Gasteiger partial charge >= 0.3 is 5.97 Å². The van der Waals surface area contributed by atoms with Crippen LogP contribution in [0.15, 0.2) is 24.3 Å². The summed E-state index contributed by atoms with van der Waals surface area (Å²) in [5.74, 6) is -1.71. The number of aliphatic carboxylic acids is 1. The van der Waals surface area contributed by atoms with E-state index < -0.39 is 12.0 Å². The van der Waals surface area contributed by atoms with Gasteiger partial charge < -0.3 is 15.3 Å². The van der Waals surface area contributed by atoms with Gasteiger partial charge in [0, 0.05) is 18.7 Å². The molecule has 0 bridgehead atoms. The molecule has 1 heterocycles. The van der Waals surface area contributed by atoms with Crippen molar-refractivity contribution < 1.29 is 19.5 Å². The van der Waals surface area contributed by atoms with Gasteiger partial charge in [0.25, 0.3) is 5.91 Å². The van der Waals surface area contributed by atoms with Crippen LogP contribution in [0.2, 0.25) is 0 Å². The summed E-state index contributed by atoms with van der Waals surface area (Å²) in [6, 6.07) is 6.53. The summed E-state index contributed by atoms with van der Waals surface area (Å²) in [6.45, 7) is 4.90. The van der Waals surface area contributed by atoms with Gasteiger partial charge in [-0.25, -0.2) is 4.79 Å². The van der Waals surface area contributed by atoms with Crippen LogP contribution in [0.5, 0.6) is 0 Å². The molecule has 1 fully saturated rings. The van der Waals surface area contributed by atoms with Crippen LogP contribution in [0.3, 0.4) is 0 Å². The van der Waals surface area contributed by atoms with Crippen LogP contribution in [0.4, 0.5) is 0 Å². The van der Waals surface area contributed by atoms with Gasteiger partial charge in [-0.2, -0.15) is 0 Å². The average Bonchev–Trinajstić information content (AvgIpc) is 2.64. The minimum absolute atomic E-state index is 0.0803. The number of carbonyl (C=O) groups is 3. The molecule has 1 aliphatic rings. The van der Waals surface area contributed by atoms with Crippen molar-refractivity contribution in [3.05, 3.63) is 35.4 Å². The van der Waals surface area contributed by atoms with E-state index in [1.54, 1.807) is 17.0 Å². The summed E-state index contributed by atoms with van der Waals surface area (Å²) >= 11 is 0. The summed E-state index contributed by atoms with van der Waals surface area (Å²) < 4.78 is 0. The van der Waals surface area contributed by atoms with Crippen molar-refractivity contribution in [2.24, 2.45) is 5.92 Å². The predicted octanol–water partition coefficient (Wildman–Crippen LogP) is 2.61. The number of nitrogens with one attached hydrogen (secondary N) is 1. The van der Waals surface area contributed by atoms with Crippen LogP contribution >= 0.6 is 0 Å². The van der Waals surface area contributed by atoms with Crippen molar-refractivity contribution in [1.82, 2.24) is 10.2 Å². The number of carboxylic acids is 1. The number of aryl methyl sites for hydroxylation is 1. The fourth-order valence-corrected chi connectivity index (χ4v) is 3.21. The van der Waals surface area contributed by atoms with Crippen molar-refractivity contribution in [2.45, 2.75) is 52.0 Å². The highest BCUT2D eigenvalue weighted by atomic mass is 16.4. The minimum atomic E-state index is -1.00. The molecular weight excluding hydrogens is 332 g/mol. The average molecular weight is 360 g/mol. The molecule has 26 heavy (non-hydrogen) atoms. The lowest BCUT2D eigenvalue weighted by Gasteiger charge is -2.32. The number of amides is 2. The van der Waals surface area contributed by atoms with Gasteiger partial charge in [-0.05, 0) is 38.3 Å². The normalized spacial score (nSPS) is 18.2. The topological polar surface area (TPSA) is 86.7 Å². The Hall–Kier alpha value is -2.37. The Morgan fingerprint density at radius 2 is 1.96 bits per heavy atom. The number of benzene rings is 1. The Morgan fingerprint density at radius 1 is 1.27 bits per heavy atom. The van der Waals surface area contributed by atoms with Gasteiger partial charge in [-0.1, -0.05) is 37.5 Å². The second-order valence-electron chi connectivity index (χ2n) is 7.00. The maximum atomic E-state index is 12.7. The van der Waals surface area contributed by atoms with Crippen LogP contribution < -0.4 is 5.32 Å². The number of nitrogens with zero attached hydrogens (tertiary/aromatic N) is 1. The van der Waals surface area contributed by atoms with Crippen LogP contribution in [0.25, 0.3) is 0 Å². The SMILES string of the molecule is CCCCC(NC(=O)C1CCCN(C(=O)c2ccc(C)cc2)C1)C(=O)O. The fraction of sp³-hybridized carbons (Fsp3) is 0.550. The summed E-state index contributed by atoms with van der Waals surface area (Å²) in [5, 5.41) is 11.9. The van der Waals surface area contributed by atoms with Crippen molar-refractivity contribution >= 4 is 17.8 Å². The van der Waals surface area contributed by atoms with E-state index in [0.717, 1.165) is 24.8 Å². The van der Waals surface area contributed by atoms with E-state index in [2.05, 4.69) is 5.32 Å². The number of carbonyl (C=O) groups excluding carboxylic acids is 2. The van der Waals surface area contributed by atoms with E-state index in [0.29, 0.717) is 31.5 Å². The van der Waals surface area contributed by atoms with Crippen LogP contribution in [0, 0.1) is 12.8 Å². The molecule has 2 rings (SSSR count). The summed E-state index contributed by atoms with van der Waals surface area (Å²) in [4.78, 5) is 38.2. The lowest BCUT2D eigenvalue weighted by atomic mass is 9.95. The summed E-state index contributed by atoms with van der Waals surface area (Å²) in [7, 11) is 0. The van der Waals surface area contributed by atoms with Crippen LogP contribution in [0.1, 0.15) is 54.9 Å². The molecule has 0 spiro atoms. The van der Waals surface area contributed by atoms with E-state index >= 15 is 0 Å². The standard InChI is InChI=1S/C20H28N2O4/c1-3-4-7-17(20(25)26)21-18(23)16-6-5-12-22(13-16)19(24)15-10-8-14(2)9-11-15/h8-11,16-17H,3-7,12-13H2,1-2H3,(H,21,23)(H,25,26). The largest absolute Gasteiger partial charge is 0.480 e. The second-order valence-corrected chi connectivity index (χ2v) is 7.00. The lowest BCUT2D eigenvalue weighted by Crippen LogP contribution is -2.49. The molecule has 1 saturated heterocycles. The van der Waals surface area contributed by atoms with Crippen molar-refractivity contribution in [3.8, 4) is 0 Å². The first kappa shape index (κ1) is 19.9. The van der Waals surface area contributed by atoms with E-state index in [1.807, 2.05) is 26.0 Å². The quantitative estimate of drug-likeness (QED) is 0.782. The number of unbranched alkanes of at least 4 members (excludes halogenated alkanes) is 1. The first-order chi connectivity index (χ1) is 12.4. The molecule has 142 valence electrons. The maximum Gasteiger partial charge on any atom is 0.326 e. The van der Waals surface area contributed by atoms with Crippen molar-refractivity contribution in [3.63, 3.8) is 0 Å². The van der Waals surface area contributed by atoms with Gasteiger partial charge in [0.2, 0.25) is 5.91 Å². The molecule has 2 unspecified atom stereocenters. The number of hydrogen-bond acceptors (Lipinski definition) is 3. The van der Waals surface area contributed by atoms with Gasteiger partial charge in [0.05, 0.1) is 5.92 Å². The Bertz CT molecular complexity index is 642. The van der Waals surface area contributed by atoms with Gasteiger partial charge in [-0.15, -0.1) is 0 Å². The smallest absolute Gasteiger partial charge is 0.326 e. The van der Waals surface area contributed by atoms with Gasteiger partial charge in [0.1, 0.15) is 6.04 Å². The molecule has 2 atom stereocenters. The van der Waals surface area contributed by atoms with Gasteiger partial charge in [0.15, 0.2) is 0 Å². The molecule has 2 N–H and O–H groups in total. The summed E-state index contributed by atoms with van der Waals surface area (Å²) in [6.07, 6.45) is 3.46. The lowest BCUT2D eigenvalue weighted by molar-refractivity contribution is -0.143. The summed E-state index contributed by atoms with van der Waals surface area (Å²) in [5.41, 5.74) is 1.70. The highest BCUT2D eigenvalue weighted by Crippen LogP contribution is 2.19. The zero-order valence-electron chi connectivity index (χ0n) is 15.5. The first-order valence-corrected chi connectivity index (χ1v) is 9.31. The Balaban J connectivity index is 1.97. The molecule has 1 aromatic rings. The zero-order chi connectivity index (χ0) is 19.1. The number of likely N-dealkylation sites (tertiary alicyclic amines) is 1.